The fraction of sp³-hybridized carbons (Fsp3) is 0.500. The molecular formula is C22H28N2O3S. The molecule has 0 unspecified atom stereocenters. The molecule has 150 valence electrons. The Morgan fingerprint density at radius 2 is 1.75 bits per heavy atom. The Bertz CT molecular complexity index is 1010. The van der Waals surface area contributed by atoms with E-state index in [0.717, 1.165) is 60.3 Å². The number of Topliss-reactive ketones (excluding diaryl/α,β-unsaturated/α-hetero) is 1. The zero-order valence-corrected chi connectivity index (χ0v) is 17.5. The summed E-state index contributed by atoms with van der Waals surface area (Å²) in [4.78, 5) is 13.1. The Labute approximate surface area is 167 Å². The fourth-order valence-corrected chi connectivity index (χ4v) is 6.53. The van der Waals surface area contributed by atoms with Crippen LogP contribution in [0.1, 0.15) is 65.5 Å². The minimum absolute atomic E-state index is 0.200. The summed E-state index contributed by atoms with van der Waals surface area (Å²) in [6, 6.07) is 7.28. The molecule has 2 heterocycles. The summed E-state index contributed by atoms with van der Waals surface area (Å²) in [5.74, 6) is 0.200. The Balaban J connectivity index is 1.80. The van der Waals surface area contributed by atoms with Gasteiger partial charge in [-0.05, 0) is 56.7 Å². The molecule has 4 rings (SSSR count). The van der Waals surface area contributed by atoms with E-state index in [1.54, 1.807) is 16.4 Å². The lowest BCUT2D eigenvalue weighted by Gasteiger charge is -2.19. The zero-order valence-electron chi connectivity index (χ0n) is 16.7. The summed E-state index contributed by atoms with van der Waals surface area (Å²) in [6.45, 7) is 6.17. The lowest BCUT2D eigenvalue weighted by molar-refractivity contribution is 0.0971. The van der Waals surface area contributed by atoms with E-state index >= 15 is 0 Å². The minimum atomic E-state index is -3.49. The number of rotatable bonds is 5. The Morgan fingerprint density at radius 3 is 2.46 bits per heavy atom. The smallest absolute Gasteiger partial charge is 0.243 e. The van der Waals surface area contributed by atoms with Crippen molar-refractivity contribution in [3.63, 3.8) is 0 Å². The van der Waals surface area contributed by atoms with Crippen LogP contribution in [0.3, 0.4) is 0 Å². The highest BCUT2D eigenvalue weighted by Gasteiger charge is 2.31. The molecule has 0 atom stereocenters. The maximum atomic E-state index is 13.2. The van der Waals surface area contributed by atoms with Gasteiger partial charge in [0.2, 0.25) is 10.0 Å². The Kier molecular flexibility index (Phi) is 5.19. The first kappa shape index (κ1) is 19.4. The normalized spacial score (nSPS) is 17.9. The highest BCUT2D eigenvalue weighted by molar-refractivity contribution is 7.89. The van der Waals surface area contributed by atoms with Gasteiger partial charge in [0, 0.05) is 49.4 Å². The standard InChI is InChI=1S/C22H28N2O3S/c1-3-24-16(2)18(22-19(24)10-8-11-20(22)25)15-17-9-4-5-12-21(17)28(26,27)23-13-6-7-14-23/h4-5,9,12H,3,6-8,10-11,13-15H2,1-2H3. The minimum Gasteiger partial charge on any atom is -0.348 e. The third-order valence-corrected chi connectivity index (χ3v) is 8.19. The van der Waals surface area contributed by atoms with E-state index in [1.807, 2.05) is 12.1 Å². The summed E-state index contributed by atoms with van der Waals surface area (Å²) in [5.41, 5.74) is 4.86. The number of benzene rings is 1. The van der Waals surface area contributed by atoms with Gasteiger partial charge in [-0.1, -0.05) is 18.2 Å². The summed E-state index contributed by atoms with van der Waals surface area (Å²) in [7, 11) is -3.49. The van der Waals surface area contributed by atoms with Crippen LogP contribution in [-0.2, 0) is 29.4 Å². The second-order valence-corrected chi connectivity index (χ2v) is 9.71. The number of ketones is 1. The van der Waals surface area contributed by atoms with Crippen molar-refractivity contribution < 1.29 is 13.2 Å². The van der Waals surface area contributed by atoms with Gasteiger partial charge in [-0.25, -0.2) is 8.42 Å². The molecular weight excluding hydrogens is 372 g/mol. The van der Waals surface area contributed by atoms with Crippen molar-refractivity contribution in [1.82, 2.24) is 8.87 Å². The van der Waals surface area contributed by atoms with E-state index in [9.17, 15) is 13.2 Å². The van der Waals surface area contributed by atoms with Gasteiger partial charge in [-0.15, -0.1) is 0 Å². The van der Waals surface area contributed by atoms with Crippen molar-refractivity contribution in [2.75, 3.05) is 13.1 Å². The average Bonchev–Trinajstić information content (AvgIpc) is 3.31. The molecule has 0 amide bonds. The summed E-state index contributed by atoms with van der Waals surface area (Å²) < 4.78 is 30.2. The highest BCUT2D eigenvalue weighted by atomic mass is 32.2. The van der Waals surface area contributed by atoms with Crippen LogP contribution in [0.4, 0.5) is 0 Å². The van der Waals surface area contributed by atoms with Crippen LogP contribution in [-0.4, -0.2) is 36.2 Å². The molecule has 0 saturated carbocycles. The van der Waals surface area contributed by atoms with Crippen molar-refractivity contribution in [1.29, 1.82) is 0 Å². The maximum absolute atomic E-state index is 13.2. The van der Waals surface area contributed by atoms with Crippen molar-refractivity contribution in [2.24, 2.45) is 0 Å². The van der Waals surface area contributed by atoms with E-state index in [4.69, 9.17) is 0 Å². The van der Waals surface area contributed by atoms with Gasteiger partial charge in [0.25, 0.3) is 0 Å². The molecule has 0 bridgehead atoms. The molecule has 1 aliphatic carbocycles. The van der Waals surface area contributed by atoms with Gasteiger partial charge in [-0.3, -0.25) is 4.79 Å². The number of sulfonamides is 1. The van der Waals surface area contributed by atoms with E-state index in [-0.39, 0.29) is 5.78 Å². The van der Waals surface area contributed by atoms with E-state index < -0.39 is 10.0 Å². The molecule has 0 radical (unpaired) electrons. The zero-order chi connectivity index (χ0) is 19.9. The first-order valence-electron chi connectivity index (χ1n) is 10.3. The van der Waals surface area contributed by atoms with Gasteiger partial charge in [0.1, 0.15) is 0 Å². The Hall–Kier alpha value is -1.92. The predicted octanol–water partition coefficient (Wildman–Crippen LogP) is 3.71. The first-order valence-corrected chi connectivity index (χ1v) is 11.7. The van der Waals surface area contributed by atoms with Gasteiger partial charge >= 0.3 is 0 Å². The maximum Gasteiger partial charge on any atom is 0.243 e. The molecule has 2 aliphatic rings. The van der Waals surface area contributed by atoms with Crippen LogP contribution < -0.4 is 0 Å². The van der Waals surface area contributed by atoms with Gasteiger partial charge < -0.3 is 4.57 Å². The summed E-state index contributed by atoms with van der Waals surface area (Å²) in [5, 5.41) is 0. The van der Waals surface area contributed by atoms with Gasteiger partial charge in [0.15, 0.2) is 5.78 Å². The molecule has 1 aromatic carbocycles. The average molecular weight is 401 g/mol. The van der Waals surface area contributed by atoms with Crippen molar-refractivity contribution in [2.45, 2.75) is 63.8 Å². The molecule has 1 saturated heterocycles. The molecule has 1 aromatic heterocycles. The molecule has 0 spiro atoms. The van der Waals surface area contributed by atoms with Gasteiger partial charge in [-0.2, -0.15) is 4.31 Å². The third kappa shape index (κ3) is 3.12. The first-order chi connectivity index (χ1) is 13.4. The SMILES string of the molecule is CCn1c(C)c(Cc2ccccc2S(=O)(=O)N2CCCC2)c2c1CCCC2=O. The van der Waals surface area contributed by atoms with Crippen molar-refractivity contribution in [3.05, 3.63) is 52.3 Å². The second kappa shape index (κ2) is 7.48. The van der Waals surface area contributed by atoms with E-state index in [0.29, 0.717) is 30.8 Å². The number of hydrogen-bond acceptors (Lipinski definition) is 3. The van der Waals surface area contributed by atoms with Gasteiger partial charge in [0.05, 0.1) is 4.90 Å². The number of hydrogen-bond donors (Lipinski definition) is 0. The molecule has 2 aromatic rings. The number of fused-ring (bicyclic) bond motifs is 1. The molecule has 6 heteroatoms. The topological polar surface area (TPSA) is 59.4 Å². The molecule has 1 aliphatic heterocycles. The molecule has 1 fully saturated rings. The largest absolute Gasteiger partial charge is 0.348 e. The number of carbonyl (C=O) groups is 1. The molecule has 5 nitrogen and oxygen atoms in total. The number of aromatic nitrogens is 1. The third-order valence-electron chi connectivity index (χ3n) is 6.19. The lowest BCUT2D eigenvalue weighted by atomic mass is 9.90. The quantitative estimate of drug-likeness (QED) is 0.769. The summed E-state index contributed by atoms with van der Waals surface area (Å²) in [6.07, 6.45) is 4.72. The number of nitrogens with zero attached hydrogens (tertiary/aromatic N) is 2. The van der Waals surface area contributed by atoms with Crippen LogP contribution in [0.15, 0.2) is 29.2 Å². The fourth-order valence-electron chi connectivity index (χ4n) is 4.79. The van der Waals surface area contributed by atoms with Crippen LogP contribution >= 0.6 is 0 Å². The van der Waals surface area contributed by atoms with Crippen LogP contribution in [0.25, 0.3) is 0 Å². The highest BCUT2D eigenvalue weighted by Crippen LogP contribution is 2.33. The van der Waals surface area contributed by atoms with Crippen LogP contribution in [0, 0.1) is 6.92 Å². The Morgan fingerprint density at radius 1 is 1.04 bits per heavy atom. The lowest BCUT2D eigenvalue weighted by Crippen LogP contribution is -2.28. The van der Waals surface area contributed by atoms with E-state index in [2.05, 4.69) is 18.4 Å². The number of carbonyl (C=O) groups excluding carboxylic acids is 1. The van der Waals surface area contributed by atoms with Crippen molar-refractivity contribution >= 4 is 15.8 Å². The summed E-state index contributed by atoms with van der Waals surface area (Å²) >= 11 is 0. The molecule has 28 heavy (non-hydrogen) atoms. The van der Waals surface area contributed by atoms with Crippen LogP contribution in [0.5, 0.6) is 0 Å². The second-order valence-electron chi connectivity index (χ2n) is 7.80. The molecule has 0 N–H and O–H groups in total. The van der Waals surface area contributed by atoms with Crippen LogP contribution in [0.2, 0.25) is 0 Å². The van der Waals surface area contributed by atoms with E-state index in [1.165, 1.54) is 0 Å². The predicted molar refractivity (Wildman–Crippen MR) is 109 cm³/mol. The monoisotopic (exact) mass is 400 g/mol. The van der Waals surface area contributed by atoms with Crippen molar-refractivity contribution in [3.8, 4) is 0 Å².